The molecular weight excluding hydrogens is 193 g/mol. The van der Waals surface area contributed by atoms with Crippen molar-refractivity contribution < 1.29 is 9.13 Å². The molecule has 0 fully saturated rings. The van der Waals surface area contributed by atoms with Crippen molar-refractivity contribution in [2.24, 2.45) is 0 Å². The normalized spacial score (nSPS) is 12.5. The third-order valence-corrected chi connectivity index (χ3v) is 2.17. The van der Waals surface area contributed by atoms with Crippen LogP contribution in [0.4, 0.5) is 10.1 Å². The number of halogens is 1. The van der Waals surface area contributed by atoms with Crippen LogP contribution in [-0.2, 0) is 4.74 Å². The van der Waals surface area contributed by atoms with E-state index in [-0.39, 0.29) is 11.9 Å². The fraction of sp³-hybridized carbons (Fsp3) is 0.500. The summed E-state index contributed by atoms with van der Waals surface area (Å²) in [5.41, 5.74) is 1.88. The van der Waals surface area contributed by atoms with Crippen LogP contribution in [0.15, 0.2) is 18.2 Å². The first kappa shape index (κ1) is 12.0. The smallest absolute Gasteiger partial charge is 0.125 e. The highest BCUT2D eigenvalue weighted by Gasteiger charge is 2.04. The van der Waals surface area contributed by atoms with Crippen LogP contribution >= 0.6 is 0 Å². The zero-order valence-corrected chi connectivity index (χ0v) is 9.51. The Balaban J connectivity index is 2.59. The van der Waals surface area contributed by atoms with Crippen molar-refractivity contribution in [1.82, 2.24) is 0 Å². The van der Waals surface area contributed by atoms with Gasteiger partial charge < -0.3 is 10.1 Å². The quantitative estimate of drug-likeness (QED) is 0.808. The second kappa shape index (κ2) is 5.71. The molecule has 0 aliphatic carbocycles. The SMILES string of the molecule is CCOCC(C)Nc1cc(F)ccc1C. The van der Waals surface area contributed by atoms with Crippen molar-refractivity contribution in [3.63, 3.8) is 0 Å². The Morgan fingerprint density at radius 2 is 2.20 bits per heavy atom. The second-order valence-electron chi connectivity index (χ2n) is 3.66. The molecule has 1 atom stereocenters. The molecule has 0 heterocycles. The number of ether oxygens (including phenoxy) is 1. The Morgan fingerprint density at radius 3 is 2.87 bits per heavy atom. The van der Waals surface area contributed by atoms with E-state index in [2.05, 4.69) is 5.32 Å². The predicted molar refractivity (Wildman–Crippen MR) is 60.7 cm³/mol. The van der Waals surface area contributed by atoms with Crippen molar-refractivity contribution in [3.05, 3.63) is 29.6 Å². The summed E-state index contributed by atoms with van der Waals surface area (Å²) in [7, 11) is 0. The highest BCUT2D eigenvalue weighted by molar-refractivity contribution is 5.51. The van der Waals surface area contributed by atoms with Crippen LogP contribution in [0.25, 0.3) is 0 Å². The van der Waals surface area contributed by atoms with Gasteiger partial charge in [0.05, 0.1) is 6.61 Å². The number of benzene rings is 1. The molecule has 1 aromatic carbocycles. The zero-order chi connectivity index (χ0) is 11.3. The molecule has 84 valence electrons. The van der Waals surface area contributed by atoms with Gasteiger partial charge in [0.2, 0.25) is 0 Å². The van der Waals surface area contributed by atoms with E-state index in [4.69, 9.17) is 4.74 Å². The largest absolute Gasteiger partial charge is 0.380 e. The minimum atomic E-state index is -0.216. The molecule has 0 saturated carbocycles. The average Bonchev–Trinajstić information content (AvgIpc) is 2.20. The molecule has 1 unspecified atom stereocenters. The summed E-state index contributed by atoms with van der Waals surface area (Å²) in [6, 6.07) is 4.93. The second-order valence-corrected chi connectivity index (χ2v) is 3.66. The molecule has 1 N–H and O–H groups in total. The number of aryl methyl sites for hydroxylation is 1. The van der Waals surface area contributed by atoms with Gasteiger partial charge >= 0.3 is 0 Å². The molecule has 15 heavy (non-hydrogen) atoms. The van der Waals surface area contributed by atoms with Crippen molar-refractivity contribution in [3.8, 4) is 0 Å². The molecule has 0 aliphatic heterocycles. The van der Waals surface area contributed by atoms with E-state index in [1.807, 2.05) is 20.8 Å². The molecule has 1 aromatic rings. The summed E-state index contributed by atoms with van der Waals surface area (Å²) in [5.74, 6) is -0.216. The van der Waals surface area contributed by atoms with Crippen LogP contribution < -0.4 is 5.32 Å². The predicted octanol–water partition coefficient (Wildman–Crippen LogP) is 2.97. The fourth-order valence-electron chi connectivity index (χ4n) is 1.35. The van der Waals surface area contributed by atoms with Gasteiger partial charge in [-0.25, -0.2) is 4.39 Å². The van der Waals surface area contributed by atoms with E-state index in [0.717, 1.165) is 11.3 Å². The highest BCUT2D eigenvalue weighted by atomic mass is 19.1. The summed E-state index contributed by atoms with van der Waals surface area (Å²) in [6.45, 7) is 7.26. The van der Waals surface area contributed by atoms with Crippen LogP contribution in [0.1, 0.15) is 19.4 Å². The summed E-state index contributed by atoms with van der Waals surface area (Å²) in [4.78, 5) is 0. The van der Waals surface area contributed by atoms with Crippen LogP contribution in [0.5, 0.6) is 0 Å². The number of hydrogen-bond acceptors (Lipinski definition) is 2. The van der Waals surface area contributed by atoms with Gasteiger partial charge in [0.15, 0.2) is 0 Å². The van der Waals surface area contributed by atoms with Crippen LogP contribution in [0, 0.1) is 12.7 Å². The third kappa shape index (κ3) is 3.88. The lowest BCUT2D eigenvalue weighted by atomic mass is 10.2. The topological polar surface area (TPSA) is 21.3 Å². The van der Waals surface area contributed by atoms with Gasteiger partial charge in [0.25, 0.3) is 0 Å². The Bertz CT molecular complexity index is 314. The van der Waals surface area contributed by atoms with Crippen molar-refractivity contribution in [1.29, 1.82) is 0 Å². The molecule has 3 heteroatoms. The summed E-state index contributed by atoms with van der Waals surface area (Å²) < 4.78 is 18.3. The van der Waals surface area contributed by atoms with Gasteiger partial charge in [-0.3, -0.25) is 0 Å². The number of nitrogens with one attached hydrogen (secondary N) is 1. The lowest BCUT2D eigenvalue weighted by molar-refractivity contribution is 0.141. The molecule has 0 bridgehead atoms. The van der Waals surface area contributed by atoms with Crippen LogP contribution in [0.3, 0.4) is 0 Å². The fourth-order valence-corrected chi connectivity index (χ4v) is 1.35. The van der Waals surface area contributed by atoms with Gasteiger partial charge in [-0.1, -0.05) is 6.07 Å². The first-order valence-corrected chi connectivity index (χ1v) is 5.24. The molecule has 0 amide bonds. The minimum Gasteiger partial charge on any atom is -0.380 e. The van der Waals surface area contributed by atoms with E-state index in [0.29, 0.717) is 13.2 Å². The van der Waals surface area contributed by atoms with E-state index >= 15 is 0 Å². The molecule has 0 saturated heterocycles. The van der Waals surface area contributed by atoms with Crippen molar-refractivity contribution in [2.75, 3.05) is 18.5 Å². The maximum atomic E-state index is 13.0. The number of hydrogen-bond donors (Lipinski definition) is 1. The zero-order valence-electron chi connectivity index (χ0n) is 9.51. The van der Waals surface area contributed by atoms with E-state index < -0.39 is 0 Å². The standard InChI is InChI=1S/C12H18FNO/c1-4-15-8-10(3)14-12-7-11(13)6-5-9(12)2/h5-7,10,14H,4,8H2,1-3H3. The minimum absolute atomic E-state index is 0.186. The Hall–Kier alpha value is -1.09. The molecular formula is C12H18FNO. The lowest BCUT2D eigenvalue weighted by Crippen LogP contribution is -2.22. The monoisotopic (exact) mass is 211 g/mol. The Morgan fingerprint density at radius 1 is 1.47 bits per heavy atom. The maximum Gasteiger partial charge on any atom is 0.125 e. The molecule has 2 nitrogen and oxygen atoms in total. The molecule has 1 rings (SSSR count). The number of anilines is 1. The van der Waals surface area contributed by atoms with Gasteiger partial charge in [-0.05, 0) is 38.5 Å². The third-order valence-electron chi connectivity index (χ3n) is 2.17. The van der Waals surface area contributed by atoms with Gasteiger partial charge in [-0.15, -0.1) is 0 Å². The lowest BCUT2D eigenvalue weighted by Gasteiger charge is -2.16. The van der Waals surface area contributed by atoms with Gasteiger partial charge in [0.1, 0.15) is 5.82 Å². The van der Waals surface area contributed by atoms with E-state index in [9.17, 15) is 4.39 Å². The first-order valence-electron chi connectivity index (χ1n) is 5.24. The Kier molecular flexibility index (Phi) is 4.56. The van der Waals surface area contributed by atoms with Crippen LogP contribution in [0.2, 0.25) is 0 Å². The molecule has 0 radical (unpaired) electrons. The average molecular weight is 211 g/mol. The van der Waals surface area contributed by atoms with Gasteiger partial charge in [-0.2, -0.15) is 0 Å². The first-order chi connectivity index (χ1) is 7.13. The van der Waals surface area contributed by atoms with Crippen molar-refractivity contribution in [2.45, 2.75) is 26.8 Å². The van der Waals surface area contributed by atoms with E-state index in [1.54, 1.807) is 6.07 Å². The van der Waals surface area contributed by atoms with E-state index in [1.165, 1.54) is 12.1 Å². The number of rotatable bonds is 5. The summed E-state index contributed by atoms with van der Waals surface area (Å²) in [5, 5.41) is 3.22. The maximum absolute atomic E-state index is 13.0. The highest BCUT2D eigenvalue weighted by Crippen LogP contribution is 2.16. The summed E-state index contributed by atoms with van der Waals surface area (Å²) >= 11 is 0. The van der Waals surface area contributed by atoms with Crippen LogP contribution in [-0.4, -0.2) is 19.3 Å². The summed E-state index contributed by atoms with van der Waals surface area (Å²) in [6.07, 6.45) is 0. The van der Waals surface area contributed by atoms with Crippen molar-refractivity contribution >= 4 is 5.69 Å². The molecule has 0 aromatic heterocycles. The Labute approximate surface area is 90.4 Å². The molecule has 0 spiro atoms. The molecule has 0 aliphatic rings. The van der Waals surface area contributed by atoms with Gasteiger partial charge in [0, 0.05) is 18.3 Å².